The van der Waals surface area contributed by atoms with E-state index in [0.29, 0.717) is 0 Å². The van der Waals surface area contributed by atoms with E-state index in [1.807, 2.05) is 0 Å². The minimum atomic E-state index is 0.114. The Kier molecular flexibility index (Phi) is 5.94. The number of aliphatic hydroxyl groups excluding tert-OH is 1. The van der Waals surface area contributed by atoms with Crippen LogP contribution in [0.4, 0.5) is 0 Å². The molecule has 2 nitrogen and oxygen atoms in total. The first-order valence-corrected chi connectivity index (χ1v) is 4.10. The van der Waals surface area contributed by atoms with Gasteiger partial charge in [0.2, 0.25) is 0 Å². The molecule has 0 bridgehead atoms. The predicted molar refractivity (Wildman–Crippen MR) is 27.9 cm³/mol. The van der Waals surface area contributed by atoms with Crippen molar-refractivity contribution >= 4 is 15.0 Å². The molecular formula is C4H7NOSe. The van der Waals surface area contributed by atoms with Crippen molar-refractivity contribution in [1.82, 2.24) is 0 Å². The van der Waals surface area contributed by atoms with Crippen LogP contribution in [0.1, 0.15) is 6.42 Å². The molecule has 0 unspecified atom stereocenters. The molecule has 0 aromatic carbocycles. The van der Waals surface area contributed by atoms with Crippen LogP contribution in [-0.4, -0.2) is 26.7 Å². The van der Waals surface area contributed by atoms with Crippen LogP contribution in [0.5, 0.6) is 0 Å². The van der Waals surface area contributed by atoms with Gasteiger partial charge in [0.15, 0.2) is 0 Å². The van der Waals surface area contributed by atoms with Gasteiger partial charge in [-0.05, 0) is 0 Å². The maximum absolute atomic E-state index is 8.19. The Hall–Kier alpha value is -0.0305. The van der Waals surface area contributed by atoms with Crippen molar-refractivity contribution in [2.45, 2.75) is 11.7 Å². The fraction of sp³-hybridized carbons (Fsp3) is 0.750. The van der Waals surface area contributed by atoms with Gasteiger partial charge in [-0.1, -0.05) is 0 Å². The molecule has 0 fully saturated rings. The molecule has 0 aromatic rings. The first kappa shape index (κ1) is 6.97. The van der Waals surface area contributed by atoms with Crippen LogP contribution in [-0.2, 0) is 0 Å². The molecule has 0 heterocycles. The second-order valence-electron chi connectivity index (χ2n) is 1.02. The summed E-state index contributed by atoms with van der Waals surface area (Å²) >= 11 is 0.114. The molecule has 0 radical (unpaired) electrons. The van der Waals surface area contributed by atoms with Gasteiger partial charge in [0.05, 0.1) is 0 Å². The summed E-state index contributed by atoms with van der Waals surface area (Å²) in [5.74, 6) is 0. The molecule has 0 aliphatic rings. The van der Waals surface area contributed by atoms with Gasteiger partial charge in [-0.2, -0.15) is 0 Å². The van der Waals surface area contributed by atoms with Crippen LogP contribution in [0.15, 0.2) is 0 Å². The van der Waals surface area contributed by atoms with Gasteiger partial charge >= 0.3 is 48.6 Å². The number of hydrogen-bond donors (Lipinski definition) is 1. The van der Waals surface area contributed by atoms with Crippen molar-refractivity contribution in [3.8, 4) is 4.97 Å². The minimum absolute atomic E-state index is 0.114. The van der Waals surface area contributed by atoms with Gasteiger partial charge in [0.1, 0.15) is 0 Å². The summed E-state index contributed by atoms with van der Waals surface area (Å²) in [5.41, 5.74) is 0. The number of aliphatic hydroxyl groups is 1. The van der Waals surface area contributed by atoms with Crippen molar-refractivity contribution in [3.63, 3.8) is 0 Å². The molecule has 3 heteroatoms. The second kappa shape index (κ2) is 5.97. The summed E-state index contributed by atoms with van der Waals surface area (Å²) in [4.78, 5) is 2.05. The molecule has 0 spiro atoms. The van der Waals surface area contributed by atoms with Gasteiger partial charge in [-0.25, -0.2) is 0 Å². The summed E-state index contributed by atoms with van der Waals surface area (Å²) < 4.78 is 0. The SMILES string of the molecule is N#C[Se]CCCO. The topological polar surface area (TPSA) is 44.0 Å². The number of nitriles is 1. The van der Waals surface area contributed by atoms with Crippen molar-refractivity contribution in [3.05, 3.63) is 0 Å². The first-order chi connectivity index (χ1) is 3.41. The average molecular weight is 164 g/mol. The molecule has 0 saturated heterocycles. The fourth-order valence-corrected chi connectivity index (χ4v) is 0.948. The third kappa shape index (κ3) is 5.97. The van der Waals surface area contributed by atoms with Crippen LogP contribution in [0.25, 0.3) is 0 Å². The van der Waals surface area contributed by atoms with Crippen LogP contribution in [0.3, 0.4) is 0 Å². The van der Waals surface area contributed by atoms with Crippen LogP contribution in [0, 0.1) is 10.2 Å². The van der Waals surface area contributed by atoms with Crippen LogP contribution >= 0.6 is 0 Å². The summed E-state index contributed by atoms with van der Waals surface area (Å²) in [6.07, 6.45) is 0.785. The quantitative estimate of drug-likeness (QED) is 0.470. The number of hydrogen-bond acceptors (Lipinski definition) is 2. The number of nitrogens with zero attached hydrogens (tertiary/aromatic N) is 1. The van der Waals surface area contributed by atoms with Crippen molar-refractivity contribution < 1.29 is 5.11 Å². The Morgan fingerprint density at radius 2 is 2.43 bits per heavy atom. The third-order valence-corrected chi connectivity index (χ3v) is 1.77. The molecule has 0 amide bonds. The van der Waals surface area contributed by atoms with Gasteiger partial charge in [0, 0.05) is 0 Å². The standard InChI is InChI=1S/C4H7NOSe/c5-4-7-3-1-2-6/h6H,1-3H2. The van der Waals surface area contributed by atoms with E-state index >= 15 is 0 Å². The summed E-state index contributed by atoms with van der Waals surface area (Å²) in [5, 5.41) is 17.1. The van der Waals surface area contributed by atoms with Crippen LogP contribution < -0.4 is 0 Å². The predicted octanol–water partition coefficient (Wildman–Crippen LogP) is -0.0276. The molecule has 0 aromatic heterocycles. The van der Waals surface area contributed by atoms with E-state index in [1.54, 1.807) is 0 Å². The van der Waals surface area contributed by atoms with E-state index < -0.39 is 0 Å². The van der Waals surface area contributed by atoms with Crippen LogP contribution in [0.2, 0.25) is 5.32 Å². The average Bonchev–Trinajstić information content (AvgIpc) is 1.69. The molecule has 0 saturated carbocycles. The third-order valence-electron chi connectivity index (χ3n) is 0.469. The van der Waals surface area contributed by atoms with Gasteiger partial charge in [0.25, 0.3) is 0 Å². The summed E-state index contributed by atoms with van der Waals surface area (Å²) in [7, 11) is 0. The van der Waals surface area contributed by atoms with E-state index in [9.17, 15) is 0 Å². The fourth-order valence-electron chi connectivity index (χ4n) is 0.182. The Morgan fingerprint density at radius 3 is 2.86 bits per heavy atom. The van der Waals surface area contributed by atoms with E-state index in [1.165, 1.54) is 0 Å². The van der Waals surface area contributed by atoms with Crippen molar-refractivity contribution in [1.29, 1.82) is 5.26 Å². The maximum atomic E-state index is 8.19. The molecule has 0 aliphatic heterocycles. The zero-order valence-electron chi connectivity index (χ0n) is 3.92. The monoisotopic (exact) mass is 165 g/mol. The first-order valence-electron chi connectivity index (χ1n) is 2.03. The van der Waals surface area contributed by atoms with Crippen molar-refractivity contribution in [2.24, 2.45) is 0 Å². The van der Waals surface area contributed by atoms with Gasteiger partial charge in [-0.3, -0.25) is 0 Å². The summed E-state index contributed by atoms with van der Waals surface area (Å²) in [6.45, 7) is 0.226. The molecular weight excluding hydrogens is 157 g/mol. The van der Waals surface area contributed by atoms with Gasteiger partial charge < -0.3 is 0 Å². The van der Waals surface area contributed by atoms with E-state index in [2.05, 4.69) is 4.97 Å². The Labute approximate surface area is 49.3 Å². The molecule has 0 atom stereocenters. The van der Waals surface area contributed by atoms with E-state index in [-0.39, 0.29) is 21.6 Å². The molecule has 40 valence electrons. The molecule has 0 rings (SSSR count). The van der Waals surface area contributed by atoms with E-state index in [4.69, 9.17) is 10.4 Å². The second-order valence-corrected chi connectivity index (χ2v) is 2.86. The van der Waals surface area contributed by atoms with E-state index in [0.717, 1.165) is 11.7 Å². The molecule has 7 heavy (non-hydrogen) atoms. The Balaban J connectivity index is 2.60. The molecule has 1 N–H and O–H groups in total. The summed E-state index contributed by atoms with van der Waals surface area (Å²) in [6, 6.07) is 0. The zero-order chi connectivity index (χ0) is 5.54. The Bertz CT molecular complexity index is 68.6. The number of rotatable bonds is 3. The van der Waals surface area contributed by atoms with Crippen molar-refractivity contribution in [2.75, 3.05) is 6.61 Å². The Morgan fingerprint density at radius 1 is 1.71 bits per heavy atom. The normalized spacial score (nSPS) is 8.00. The molecule has 0 aliphatic carbocycles. The zero-order valence-corrected chi connectivity index (χ0v) is 5.64. The van der Waals surface area contributed by atoms with Gasteiger partial charge in [-0.15, -0.1) is 0 Å².